The molecule has 6 heteroatoms. The van der Waals surface area contributed by atoms with Gasteiger partial charge in [-0.2, -0.15) is 0 Å². The Hall–Kier alpha value is -1.69. The van der Waals surface area contributed by atoms with Crippen molar-refractivity contribution < 1.29 is 14.0 Å². The zero-order valence-electron chi connectivity index (χ0n) is 18.5. The minimum Gasteiger partial charge on any atom is -0.336 e. The first kappa shape index (κ1) is 21.2. The van der Waals surface area contributed by atoms with E-state index in [9.17, 15) is 14.0 Å². The van der Waals surface area contributed by atoms with Crippen molar-refractivity contribution in [1.82, 2.24) is 9.88 Å². The van der Waals surface area contributed by atoms with Gasteiger partial charge in [-0.15, -0.1) is 0 Å². The summed E-state index contributed by atoms with van der Waals surface area (Å²) in [6, 6.07) is 5.76. The largest absolute Gasteiger partial charge is 0.336 e. The summed E-state index contributed by atoms with van der Waals surface area (Å²) in [6.07, 6.45) is 9.35. The molecule has 0 saturated heterocycles. The molecule has 4 aliphatic rings. The second-order valence-corrected chi connectivity index (χ2v) is 11.5. The van der Waals surface area contributed by atoms with Crippen LogP contribution in [0.15, 0.2) is 41.3 Å². The smallest absolute Gasteiger partial charge is 0.282 e. The number of thioether (sulfide) groups is 1. The lowest BCUT2D eigenvalue weighted by Crippen LogP contribution is -2.60. The monoisotopic (exact) mass is 442 g/mol. The fourth-order valence-electron chi connectivity index (χ4n) is 7.80. The van der Waals surface area contributed by atoms with Crippen molar-refractivity contribution in [3.05, 3.63) is 36.3 Å². The molecule has 1 aromatic rings. The van der Waals surface area contributed by atoms with Crippen LogP contribution >= 0.6 is 11.8 Å². The first-order valence-electron chi connectivity index (χ1n) is 11.5. The third-order valence-corrected chi connectivity index (χ3v) is 10.2. The summed E-state index contributed by atoms with van der Waals surface area (Å²) in [5.74, 6) is 0.327. The third kappa shape index (κ3) is 3.12. The van der Waals surface area contributed by atoms with E-state index in [0.29, 0.717) is 17.8 Å². The summed E-state index contributed by atoms with van der Waals surface area (Å²) in [5.41, 5.74) is -0.316. The Morgan fingerprint density at radius 2 is 1.97 bits per heavy atom. The molecule has 0 unspecified atom stereocenters. The third-order valence-electron chi connectivity index (χ3n) is 9.28. The summed E-state index contributed by atoms with van der Waals surface area (Å²) in [7, 11) is 1.75. The Morgan fingerprint density at radius 1 is 1.16 bits per heavy atom. The predicted molar refractivity (Wildman–Crippen MR) is 119 cm³/mol. The molecule has 3 fully saturated rings. The molecular formula is C25H31FN2O2S. The van der Waals surface area contributed by atoms with Crippen molar-refractivity contribution >= 4 is 22.8 Å². The number of pyridine rings is 1. The molecule has 1 aliphatic heterocycles. The van der Waals surface area contributed by atoms with Crippen LogP contribution < -0.4 is 0 Å². The molecular weight excluding hydrogens is 411 g/mol. The fraction of sp³-hybridized carbons (Fsp3) is 0.640. The molecule has 1 amide bonds. The number of nitrogens with zero attached hydrogens (tertiary/aromatic N) is 2. The summed E-state index contributed by atoms with van der Waals surface area (Å²) >= 11 is 1.29. The molecule has 0 spiro atoms. The van der Waals surface area contributed by atoms with Crippen LogP contribution in [0.3, 0.4) is 0 Å². The summed E-state index contributed by atoms with van der Waals surface area (Å²) in [4.78, 5) is 31.5. The highest BCUT2D eigenvalue weighted by Crippen LogP contribution is 2.66. The van der Waals surface area contributed by atoms with E-state index >= 15 is 0 Å². The van der Waals surface area contributed by atoms with E-state index in [0.717, 1.165) is 43.6 Å². The number of likely N-dealkylation sites (N-methyl/N-ethyl adjacent to an activating group) is 1. The van der Waals surface area contributed by atoms with Crippen LogP contribution in [0.5, 0.6) is 0 Å². The van der Waals surface area contributed by atoms with Gasteiger partial charge < -0.3 is 4.90 Å². The molecule has 0 bridgehead atoms. The topological polar surface area (TPSA) is 50.3 Å². The first-order chi connectivity index (χ1) is 14.8. The Kier molecular flexibility index (Phi) is 5.07. The van der Waals surface area contributed by atoms with Crippen molar-refractivity contribution in [2.24, 2.45) is 34.5 Å². The standard InChI is InChI=1S/C25H31FN2O2S/c1-24-12-11-17-15(7-10-20-25(17,2)14-19(26)22(29)28(20)3)16(24)8-9-18(24)23(30)31-21-6-4-5-13-27-21/h4-6,13-18,20H,7-12H2,1-3H3/t15-,16-,17-,18+,20+,24-,25+/m0/s1. The van der Waals surface area contributed by atoms with Crippen molar-refractivity contribution in [2.75, 3.05) is 7.05 Å². The molecule has 7 atom stereocenters. The number of hydrogen-bond donors (Lipinski definition) is 0. The SMILES string of the molecule is CN1C(=O)C(F)=C[C@]2(C)[C@H]3CC[C@]4(C)[C@@H](C(=O)Sc5ccccn5)CC[C@H]4[C@@H]3CC[C@@H]12. The lowest BCUT2D eigenvalue weighted by molar-refractivity contribution is -0.143. The summed E-state index contributed by atoms with van der Waals surface area (Å²) < 4.78 is 14.5. The van der Waals surface area contributed by atoms with Crippen LogP contribution in [0.1, 0.15) is 52.4 Å². The Morgan fingerprint density at radius 3 is 2.71 bits per heavy atom. The van der Waals surface area contributed by atoms with Gasteiger partial charge in [-0.1, -0.05) is 19.9 Å². The quantitative estimate of drug-likeness (QED) is 0.587. The highest BCUT2D eigenvalue weighted by Gasteiger charge is 2.62. The number of halogens is 1. The molecule has 4 nitrogen and oxygen atoms in total. The molecule has 3 aliphatic carbocycles. The van der Waals surface area contributed by atoms with E-state index < -0.39 is 11.7 Å². The van der Waals surface area contributed by atoms with Crippen LogP contribution in [0.2, 0.25) is 0 Å². The maximum atomic E-state index is 14.5. The number of carbonyl (C=O) groups excluding carboxylic acids is 2. The first-order valence-corrected chi connectivity index (χ1v) is 12.4. The van der Waals surface area contributed by atoms with E-state index in [1.54, 1.807) is 24.2 Å². The van der Waals surface area contributed by atoms with E-state index in [1.165, 1.54) is 11.8 Å². The van der Waals surface area contributed by atoms with Gasteiger partial charge in [0.25, 0.3) is 5.91 Å². The zero-order valence-corrected chi connectivity index (χ0v) is 19.3. The number of aromatic nitrogens is 1. The van der Waals surface area contributed by atoms with E-state index in [1.807, 2.05) is 18.2 Å². The lowest BCUT2D eigenvalue weighted by atomic mass is 9.47. The second kappa shape index (κ2) is 7.43. The molecule has 3 saturated carbocycles. The number of fused-ring (bicyclic) bond motifs is 5. The molecule has 0 aromatic carbocycles. The zero-order chi connectivity index (χ0) is 22.0. The normalized spacial score (nSPS) is 41.8. The minimum atomic E-state index is -0.596. The van der Waals surface area contributed by atoms with Crippen LogP contribution in [0.25, 0.3) is 0 Å². The molecule has 31 heavy (non-hydrogen) atoms. The highest BCUT2D eigenvalue weighted by atomic mass is 32.2. The molecule has 0 N–H and O–H groups in total. The van der Waals surface area contributed by atoms with Crippen LogP contribution in [-0.4, -0.2) is 34.0 Å². The number of carbonyl (C=O) groups is 2. The van der Waals surface area contributed by atoms with Gasteiger partial charge in [0.15, 0.2) is 10.9 Å². The summed E-state index contributed by atoms with van der Waals surface area (Å²) in [5, 5.41) is 1.02. The summed E-state index contributed by atoms with van der Waals surface area (Å²) in [6.45, 7) is 4.48. The van der Waals surface area contributed by atoms with Crippen LogP contribution in [-0.2, 0) is 9.59 Å². The van der Waals surface area contributed by atoms with Gasteiger partial charge in [-0.05, 0) is 91.7 Å². The van der Waals surface area contributed by atoms with Crippen LogP contribution in [0, 0.1) is 34.5 Å². The Balaban J connectivity index is 1.40. The minimum absolute atomic E-state index is 0.00186. The van der Waals surface area contributed by atoms with Crippen molar-refractivity contribution in [3.8, 4) is 0 Å². The number of hydrogen-bond acceptors (Lipinski definition) is 4. The highest BCUT2D eigenvalue weighted by molar-refractivity contribution is 8.13. The lowest BCUT2D eigenvalue weighted by Gasteiger charge is -2.60. The average molecular weight is 443 g/mol. The maximum absolute atomic E-state index is 14.5. The molecule has 0 radical (unpaired) electrons. The molecule has 1 aromatic heterocycles. The van der Waals surface area contributed by atoms with Gasteiger partial charge >= 0.3 is 0 Å². The Labute approximate surface area is 188 Å². The molecule has 166 valence electrons. The Bertz CT molecular complexity index is 937. The van der Waals surface area contributed by atoms with E-state index in [2.05, 4.69) is 18.8 Å². The van der Waals surface area contributed by atoms with Gasteiger partial charge in [-0.25, -0.2) is 9.37 Å². The number of rotatable bonds is 2. The average Bonchev–Trinajstić information content (AvgIpc) is 3.10. The second-order valence-electron chi connectivity index (χ2n) is 10.5. The van der Waals surface area contributed by atoms with E-state index in [-0.39, 0.29) is 27.9 Å². The van der Waals surface area contributed by atoms with Gasteiger partial charge in [0.1, 0.15) is 5.03 Å². The van der Waals surface area contributed by atoms with Gasteiger partial charge in [0.2, 0.25) is 0 Å². The van der Waals surface area contributed by atoms with Crippen LogP contribution in [0.4, 0.5) is 4.39 Å². The fourth-order valence-corrected chi connectivity index (χ4v) is 8.79. The number of amides is 1. The molecule has 5 rings (SSSR count). The van der Waals surface area contributed by atoms with Gasteiger partial charge in [0, 0.05) is 30.6 Å². The maximum Gasteiger partial charge on any atom is 0.282 e. The molecule has 2 heterocycles. The van der Waals surface area contributed by atoms with Gasteiger partial charge in [0.05, 0.1) is 0 Å². The van der Waals surface area contributed by atoms with Crippen molar-refractivity contribution in [2.45, 2.75) is 63.4 Å². The van der Waals surface area contributed by atoms with Gasteiger partial charge in [-0.3, -0.25) is 9.59 Å². The van der Waals surface area contributed by atoms with E-state index in [4.69, 9.17) is 0 Å². The van der Waals surface area contributed by atoms with Crippen molar-refractivity contribution in [1.29, 1.82) is 0 Å². The van der Waals surface area contributed by atoms with Crippen molar-refractivity contribution in [3.63, 3.8) is 0 Å². The predicted octanol–water partition coefficient (Wildman–Crippen LogP) is 5.25.